The minimum absolute atomic E-state index is 0.182. The van der Waals surface area contributed by atoms with Crippen LogP contribution < -0.4 is 10.6 Å². The van der Waals surface area contributed by atoms with E-state index < -0.39 is 11.2 Å². The zero-order valence-corrected chi connectivity index (χ0v) is 10.7. The van der Waals surface area contributed by atoms with Crippen molar-refractivity contribution in [1.29, 1.82) is 0 Å². The minimum atomic E-state index is -4.43. The van der Waals surface area contributed by atoms with Gasteiger partial charge in [-0.3, -0.25) is 0 Å². The highest BCUT2D eigenvalue weighted by Gasteiger charge is 2.36. The Labute approximate surface area is 102 Å². The lowest BCUT2D eigenvalue weighted by Crippen LogP contribution is -2.36. The summed E-state index contributed by atoms with van der Waals surface area (Å²) in [5.74, 6) is 0. The molecule has 1 aromatic rings. The Kier molecular flexibility index (Phi) is 3.98. The van der Waals surface area contributed by atoms with E-state index in [9.17, 15) is 13.2 Å². The number of hydrogen-bond acceptors (Lipinski definition) is 5. The summed E-state index contributed by atoms with van der Waals surface area (Å²) < 4.78 is 37.0. The molecule has 0 aliphatic carbocycles. The first-order chi connectivity index (χ1) is 7.65. The Hall–Kier alpha value is -0.890. The van der Waals surface area contributed by atoms with Gasteiger partial charge in [0.15, 0.2) is 0 Å². The highest BCUT2D eigenvalue weighted by Crippen LogP contribution is 2.34. The summed E-state index contributed by atoms with van der Waals surface area (Å²) in [4.78, 5) is 1.64. The van der Waals surface area contributed by atoms with Gasteiger partial charge in [-0.2, -0.15) is 13.2 Å². The molecule has 1 heterocycles. The van der Waals surface area contributed by atoms with E-state index in [4.69, 9.17) is 5.73 Å². The first-order valence-electron chi connectivity index (χ1n) is 4.97. The van der Waals surface area contributed by atoms with Gasteiger partial charge in [0.2, 0.25) is 10.1 Å². The maximum atomic E-state index is 12.3. The Balaban J connectivity index is 2.77. The van der Waals surface area contributed by atoms with Gasteiger partial charge in [-0.25, -0.2) is 0 Å². The van der Waals surface area contributed by atoms with Gasteiger partial charge < -0.3 is 10.6 Å². The average Bonchev–Trinajstić information content (AvgIpc) is 2.65. The molecule has 17 heavy (non-hydrogen) atoms. The SMILES string of the molecule is CN(CC(C)(C)CN)c1nnc(C(F)(F)F)s1. The van der Waals surface area contributed by atoms with Gasteiger partial charge >= 0.3 is 6.18 Å². The molecule has 0 saturated carbocycles. The summed E-state index contributed by atoms with van der Waals surface area (Å²) >= 11 is 0.537. The first kappa shape index (κ1) is 14.2. The van der Waals surface area contributed by atoms with Crippen molar-refractivity contribution >= 4 is 16.5 Å². The van der Waals surface area contributed by atoms with Crippen molar-refractivity contribution < 1.29 is 13.2 Å². The summed E-state index contributed by atoms with van der Waals surface area (Å²) in [5, 5.41) is 5.99. The molecule has 98 valence electrons. The Bertz CT molecular complexity index is 375. The van der Waals surface area contributed by atoms with Crippen LogP contribution >= 0.6 is 11.3 Å². The van der Waals surface area contributed by atoms with Gasteiger partial charge in [-0.05, 0) is 12.0 Å². The maximum absolute atomic E-state index is 12.3. The molecule has 0 bridgehead atoms. The molecule has 0 amide bonds. The second-order valence-electron chi connectivity index (χ2n) is 4.61. The van der Waals surface area contributed by atoms with Gasteiger partial charge in [0.05, 0.1) is 0 Å². The zero-order valence-electron chi connectivity index (χ0n) is 9.88. The van der Waals surface area contributed by atoms with Gasteiger partial charge in [0, 0.05) is 13.6 Å². The largest absolute Gasteiger partial charge is 0.445 e. The van der Waals surface area contributed by atoms with E-state index in [1.165, 1.54) is 0 Å². The van der Waals surface area contributed by atoms with Crippen molar-refractivity contribution in [3.63, 3.8) is 0 Å². The number of nitrogens with two attached hydrogens (primary N) is 1. The molecule has 0 aromatic carbocycles. The lowest BCUT2D eigenvalue weighted by Gasteiger charge is -2.28. The lowest BCUT2D eigenvalue weighted by molar-refractivity contribution is -0.138. The second kappa shape index (κ2) is 4.77. The van der Waals surface area contributed by atoms with Crippen molar-refractivity contribution in [1.82, 2.24) is 10.2 Å². The molecule has 0 atom stereocenters. The monoisotopic (exact) mass is 268 g/mol. The van der Waals surface area contributed by atoms with Crippen LogP contribution in [-0.4, -0.2) is 30.3 Å². The molecule has 0 radical (unpaired) electrons. The van der Waals surface area contributed by atoms with Crippen LogP contribution in [0.25, 0.3) is 0 Å². The average molecular weight is 268 g/mol. The van der Waals surface area contributed by atoms with E-state index in [0.717, 1.165) is 0 Å². The molecule has 0 saturated heterocycles. The van der Waals surface area contributed by atoms with Gasteiger partial charge in [0.25, 0.3) is 0 Å². The minimum Gasteiger partial charge on any atom is -0.349 e. The fourth-order valence-electron chi connectivity index (χ4n) is 1.26. The molecule has 2 N–H and O–H groups in total. The molecule has 4 nitrogen and oxygen atoms in total. The number of nitrogens with zero attached hydrogens (tertiary/aromatic N) is 3. The molecule has 1 rings (SSSR count). The standard InChI is InChI=1S/C9H15F3N4S/c1-8(2,4-13)5-16(3)7-15-14-6(17-7)9(10,11)12/h4-5,13H2,1-3H3. The van der Waals surface area contributed by atoms with Crippen molar-refractivity contribution in [2.24, 2.45) is 11.1 Å². The van der Waals surface area contributed by atoms with Gasteiger partial charge in [0.1, 0.15) is 0 Å². The van der Waals surface area contributed by atoms with Crippen LogP contribution in [0.5, 0.6) is 0 Å². The molecule has 1 aromatic heterocycles. The predicted molar refractivity (Wildman–Crippen MR) is 61.0 cm³/mol. The summed E-state index contributed by atoms with van der Waals surface area (Å²) in [6.07, 6.45) is -4.43. The fraction of sp³-hybridized carbons (Fsp3) is 0.778. The van der Waals surface area contributed by atoms with E-state index in [2.05, 4.69) is 10.2 Å². The quantitative estimate of drug-likeness (QED) is 0.907. The van der Waals surface area contributed by atoms with Crippen LogP contribution in [0.2, 0.25) is 0 Å². The summed E-state index contributed by atoms with van der Waals surface area (Å²) in [6, 6.07) is 0. The Morgan fingerprint density at radius 2 is 1.88 bits per heavy atom. The molecule has 0 unspecified atom stereocenters. The molecule has 0 spiro atoms. The summed E-state index contributed by atoms with van der Waals surface area (Å²) in [7, 11) is 1.68. The number of aromatic nitrogens is 2. The number of alkyl halides is 3. The summed E-state index contributed by atoms with van der Waals surface area (Å²) in [5.41, 5.74) is 5.39. The van der Waals surface area contributed by atoms with Crippen LogP contribution in [0.15, 0.2) is 0 Å². The molecule has 0 aliphatic rings. The van der Waals surface area contributed by atoms with E-state index >= 15 is 0 Å². The van der Waals surface area contributed by atoms with Crippen LogP contribution in [0.3, 0.4) is 0 Å². The van der Waals surface area contributed by atoms with E-state index in [-0.39, 0.29) is 10.5 Å². The molecular formula is C9H15F3N4S. The smallest absolute Gasteiger partial charge is 0.349 e. The number of anilines is 1. The van der Waals surface area contributed by atoms with Crippen LogP contribution in [0, 0.1) is 5.41 Å². The van der Waals surface area contributed by atoms with Crippen LogP contribution in [0.4, 0.5) is 18.3 Å². The lowest BCUT2D eigenvalue weighted by atomic mass is 9.93. The van der Waals surface area contributed by atoms with Gasteiger partial charge in [-0.1, -0.05) is 25.2 Å². The van der Waals surface area contributed by atoms with Crippen LogP contribution in [0.1, 0.15) is 18.9 Å². The Morgan fingerprint density at radius 1 is 1.29 bits per heavy atom. The molecular weight excluding hydrogens is 253 g/mol. The third kappa shape index (κ3) is 3.81. The van der Waals surface area contributed by atoms with Crippen LogP contribution in [-0.2, 0) is 6.18 Å². The Morgan fingerprint density at radius 3 is 2.29 bits per heavy atom. The number of halogens is 3. The second-order valence-corrected chi connectivity index (χ2v) is 5.57. The highest BCUT2D eigenvalue weighted by atomic mass is 32.1. The summed E-state index contributed by atoms with van der Waals surface area (Å²) in [6.45, 7) is 4.85. The molecule has 0 fully saturated rings. The number of hydrogen-bond donors (Lipinski definition) is 1. The maximum Gasteiger partial charge on any atom is 0.445 e. The van der Waals surface area contributed by atoms with Crippen molar-refractivity contribution in [3.05, 3.63) is 5.01 Å². The predicted octanol–water partition coefficient (Wildman–Crippen LogP) is 1.98. The third-order valence-electron chi connectivity index (χ3n) is 2.20. The third-order valence-corrected chi connectivity index (χ3v) is 3.28. The highest BCUT2D eigenvalue weighted by molar-refractivity contribution is 7.15. The van der Waals surface area contributed by atoms with E-state index in [0.29, 0.717) is 24.4 Å². The van der Waals surface area contributed by atoms with Crippen molar-refractivity contribution in [2.75, 3.05) is 25.0 Å². The topological polar surface area (TPSA) is 55.0 Å². The van der Waals surface area contributed by atoms with Gasteiger partial charge in [-0.15, -0.1) is 10.2 Å². The first-order valence-corrected chi connectivity index (χ1v) is 5.79. The molecule has 8 heteroatoms. The zero-order chi connectivity index (χ0) is 13.3. The van der Waals surface area contributed by atoms with E-state index in [1.807, 2.05) is 13.8 Å². The molecule has 0 aliphatic heterocycles. The fourth-order valence-corrected chi connectivity index (χ4v) is 1.93. The number of rotatable bonds is 4. The van der Waals surface area contributed by atoms with Crippen molar-refractivity contribution in [3.8, 4) is 0 Å². The normalized spacial score (nSPS) is 12.9. The van der Waals surface area contributed by atoms with Crippen molar-refractivity contribution in [2.45, 2.75) is 20.0 Å². The van der Waals surface area contributed by atoms with E-state index in [1.54, 1.807) is 11.9 Å².